The van der Waals surface area contributed by atoms with Gasteiger partial charge in [-0.3, -0.25) is 0 Å². The van der Waals surface area contributed by atoms with Gasteiger partial charge in [-0.15, -0.1) is 0 Å². The van der Waals surface area contributed by atoms with Crippen molar-refractivity contribution >= 4 is 0 Å². The highest BCUT2D eigenvalue weighted by Gasteiger charge is 2.47. The van der Waals surface area contributed by atoms with Crippen molar-refractivity contribution in [1.82, 2.24) is 5.32 Å². The molecule has 10 heavy (non-hydrogen) atoms. The second-order valence-electron chi connectivity index (χ2n) is 3.44. The summed E-state index contributed by atoms with van der Waals surface area (Å²) in [7, 11) is 0. The third kappa shape index (κ3) is 0.478. The molecule has 0 saturated carbocycles. The Kier molecular flexibility index (Phi) is 0.868. The van der Waals surface area contributed by atoms with Gasteiger partial charge in [0, 0.05) is 24.9 Å². The molecule has 0 unspecified atom stereocenters. The van der Waals surface area contributed by atoms with Gasteiger partial charge in [0.2, 0.25) is 0 Å². The molecular formula is C8H11NO. The molecule has 3 rings (SSSR count). The topological polar surface area (TPSA) is 21.3 Å². The maximum absolute atomic E-state index is 5.69. The van der Waals surface area contributed by atoms with Gasteiger partial charge in [-0.25, -0.2) is 0 Å². The molecule has 0 aromatic carbocycles. The second kappa shape index (κ2) is 1.63. The zero-order chi connectivity index (χ0) is 6.55. The fourth-order valence-corrected chi connectivity index (χ4v) is 2.42. The smallest absolute Gasteiger partial charge is 0.0809 e. The molecule has 2 bridgehead atoms. The SMILES string of the molecule is C1=C[C@H]2O[C@@H]1[C@@H]1CNC[C@@H]12. The van der Waals surface area contributed by atoms with Crippen LogP contribution in [0.2, 0.25) is 0 Å². The van der Waals surface area contributed by atoms with E-state index in [2.05, 4.69) is 17.5 Å². The third-order valence-corrected chi connectivity index (χ3v) is 2.96. The van der Waals surface area contributed by atoms with E-state index >= 15 is 0 Å². The molecule has 0 aromatic rings. The number of ether oxygens (including phenoxy) is 1. The van der Waals surface area contributed by atoms with Gasteiger partial charge in [0.1, 0.15) is 0 Å². The molecule has 3 aliphatic heterocycles. The molecule has 2 heteroatoms. The minimum Gasteiger partial charge on any atom is -0.366 e. The fraction of sp³-hybridized carbons (Fsp3) is 0.750. The maximum Gasteiger partial charge on any atom is 0.0809 e. The summed E-state index contributed by atoms with van der Waals surface area (Å²) in [5.41, 5.74) is 0. The summed E-state index contributed by atoms with van der Waals surface area (Å²) in [6.07, 6.45) is 5.34. The number of nitrogens with one attached hydrogen (secondary N) is 1. The van der Waals surface area contributed by atoms with E-state index in [0.717, 1.165) is 24.9 Å². The van der Waals surface area contributed by atoms with Crippen LogP contribution in [0.3, 0.4) is 0 Å². The van der Waals surface area contributed by atoms with Crippen molar-refractivity contribution in [2.24, 2.45) is 11.8 Å². The Morgan fingerprint density at radius 2 is 1.70 bits per heavy atom. The average Bonchev–Trinajstić information content (AvgIpc) is 2.60. The lowest BCUT2D eigenvalue weighted by molar-refractivity contribution is 0.0986. The molecule has 2 nitrogen and oxygen atoms in total. The first-order valence-corrected chi connectivity index (χ1v) is 4.00. The van der Waals surface area contributed by atoms with Gasteiger partial charge in [-0.1, -0.05) is 12.2 Å². The Morgan fingerprint density at radius 1 is 1.10 bits per heavy atom. The highest BCUT2D eigenvalue weighted by Crippen LogP contribution is 2.40. The molecule has 0 aromatic heterocycles. The highest BCUT2D eigenvalue weighted by atomic mass is 16.5. The number of fused-ring (bicyclic) bond motifs is 5. The molecule has 2 saturated heterocycles. The summed E-state index contributed by atoms with van der Waals surface area (Å²) in [5.74, 6) is 1.57. The van der Waals surface area contributed by atoms with Crippen LogP contribution in [0.5, 0.6) is 0 Å². The van der Waals surface area contributed by atoms with E-state index in [9.17, 15) is 0 Å². The molecule has 0 spiro atoms. The van der Waals surface area contributed by atoms with Gasteiger partial charge in [0.05, 0.1) is 12.2 Å². The molecule has 0 amide bonds. The van der Waals surface area contributed by atoms with Crippen LogP contribution in [0.1, 0.15) is 0 Å². The van der Waals surface area contributed by atoms with Gasteiger partial charge in [-0.2, -0.15) is 0 Å². The van der Waals surface area contributed by atoms with Crippen LogP contribution in [-0.2, 0) is 4.74 Å². The minimum absolute atomic E-state index is 0.449. The van der Waals surface area contributed by atoms with E-state index in [4.69, 9.17) is 4.74 Å². The van der Waals surface area contributed by atoms with Crippen LogP contribution in [0, 0.1) is 11.8 Å². The lowest BCUT2D eigenvalue weighted by atomic mass is 9.86. The summed E-state index contributed by atoms with van der Waals surface area (Å²) in [6.45, 7) is 2.33. The fourth-order valence-electron chi connectivity index (χ4n) is 2.42. The normalized spacial score (nSPS) is 56.0. The summed E-state index contributed by atoms with van der Waals surface area (Å²) < 4.78 is 5.69. The summed E-state index contributed by atoms with van der Waals surface area (Å²) in [4.78, 5) is 0. The van der Waals surface area contributed by atoms with Crippen LogP contribution >= 0.6 is 0 Å². The number of hydrogen-bond donors (Lipinski definition) is 1. The van der Waals surface area contributed by atoms with Crippen LogP contribution in [-0.4, -0.2) is 25.3 Å². The lowest BCUT2D eigenvalue weighted by Crippen LogP contribution is -2.21. The van der Waals surface area contributed by atoms with Crippen LogP contribution < -0.4 is 5.32 Å². The quantitative estimate of drug-likeness (QED) is 0.480. The van der Waals surface area contributed by atoms with E-state index in [1.807, 2.05) is 0 Å². The van der Waals surface area contributed by atoms with Gasteiger partial charge < -0.3 is 10.1 Å². The van der Waals surface area contributed by atoms with Gasteiger partial charge in [0.15, 0.2) is 0 Å². The Labute approximate surface area is 60.3 Å². The Morgan fingerprint density at radius 3 is 2.30 bits per heavy atom. The molecular weight excluding hydrogens is 126 g/mol. The van der Waals surface area contributed by atoms with Crippen molar-refractivity contribution in [3.05, 3.63) is 12.2 Å². The summed E-state index contributed by atoms with van der Waals surface area (Å²) >= 11 is 0. The summed E-state index contributed by atoms with van der Waals surface area (Å²) in [5, 5.41) is 3.41. The monoisotopic (exact) mass is 137 g/mol. The molecule has 0 radical (unpaired) electrons. The largest absolute Gasteiger partial charge is 0.366 e. The van der Waals surface area contributed by atoms with Gasteiger partial charge in [-0.05, 0) is 0 Å². The first kappa shape index (κ1) is 5.33. The Balaban J connectivity index is 1.99. The number of rotatable bonds is 0. The first-order chi connectivity index (χ1) is 4.95. The van der Waals surface area contributed by atoms with E-state index in [1.165, 1.54) is 0 Å². The standard InChI is InChI=1S/C8H11NO/c1-2-8-6-4-9-3-5(6)7(1)10-8/h1-2,5-9H,3-4H2/t5-,6+,7+,8-. The van der Waals surface area contributed by atoms with Crippen LogP contribution in [0.25, 0.3) is 0 Å². The van der Waals surface area contributed by atoms with Crippen LogP contribution in [0.4, 0.5) is 0 Å². The molecule has 3 heterocycles. The Bertz CT molecular complexity index is 172. The van der Waals surface area contributed by atoms with Crippen molar-refractivity contribution in [3.8, 4) is 0 Å². The van der Waals surface area contributed by atoms with E-state index in [-0.39, 0.29) is 0 Å². The molecule has 2 fully saturated rings. The molecule has 1 N–H and O–H groups in total. The molecule has 4 atom stereocenters. The van der Waals surface area contributed by atoms with Crippen molar-refractivity contribution in [1.29, 1.82) is 0 Å². The van der Waals surface area contributed by atoms with Crippen molar-refractivity contribution < 1.29 is 4.74 Å². The van der Waals surface area contributed by atoms with Crippen LogP contribution in [0.15, 0.2) is 12.2 Å². The van der Waals surface area contributed by atoms with E-state index in [1.54, 1.807) is 0 Å². The number of hydrogen-bond acceptors (Lipinski definition) is 2. The zero-order valence-electron chi connectivity index (χ0n) is 5.79. The van der Waals surface area contributed by atoms with Gasteiger partial charge in [0.25, 0.3) is 0 Å². The highest BCUT2D eigenvalue weighted by molar-refractivity contribution is 5.16. The maximum atomic E-state index is 5.69. The lowest BCUT2D eigenvalue weighted by Gasteiger charge is -2.13. The Hall–Kier alpha value is -0.340. The third-order valence-electron chi connectivity index (χ3n) is 2.96. The molecule has 0 aliphatic carbocycles. The van der Waals surface area contributed by atoms with E-state index in [0.29, 0.717) is 12.2 Å². The minimum atomic E-state index is 0.449. The molecule has 3 aliphatic rings. The summed E-state index contributed by atoms with van der Waals surface area (Å²) in [6, 6.07) is 0. The second-order valence-corrected chi connectivity index (χ2v) is 3.44. The molecule has 54 valence electrons. The zero-order valence-corrected chi connectivity index (χ0v) is 5.79. The first-order valence-electron chi connectivity index (χ1n) is 4.00. The van der Waals surface area contributed by atoms with Crippen molar-refractivity contribution in [2.45, 2.75) is 12.2 Å². The predicted octanol–water partition coefficient (Wildman–Crippen LogP) is 0.159. The van der Waals surface area contributed by atoms with Crippen molar-refractivity contribution in [2.75, 3.05) is 13.1 Å². The average molecular weight is 137 g/mol. The van der Waals surface area contributed by atoms with Gasteiger partial charge >= 0.3 is 0 Å². The van der Waals surface area contributed by atoms with E-state index < -0.39 is 0 Å². The predicted molar refractivity (Wildman–Crippen MR) is 37.7 cm³/mol. The van der Waals surface area contributed by atoms with Crippen molar-refractivity contribution in [3.63, 3.8) is 0 Å².